The van der Waals surface area contributed by atoms with Crippen LogP contribution in [-0.4, -0.2) is 21.0 Å². The second kappa shape index (κ2) is 7.00. The van der Waals surface area contributed by atoms with Crippen molar-refractivity contribution in [2.75, 3.05) is 0 Å². The number of halogens is 1. The van der Waals surface area contributed by atoms with Crippen LogP contribution in [0.15, 0.2) is 35.0 Å². The van der Waals surface area contributed by atoms with Crippen molar-refractivity contribution in [3.05, 3.63) is 58.1 Å². The fourth-order valence-corrected chi connectivity index (χ4v) is 2.95. The molecule has 0 saturated heterocycles. The molecule has 3 heterocycles. The zero-order chi connectivity index (χ0) is 19.0. The molecule has 0 atom stereocenters. The molecule has 1 aliphatic carbocycles. The zero-order valence-corrected chi connectivity index (χ0v) is 15.4. The molecule has 138 valence electrons. The average molecular weight is 385 g/mol. The Balaban J connectivity index is 1.57. The van der Waals surface area contributed by atoms with E-state index in [-0.39, 0.29) is 12.5 Å². The molecule has 1 saturated carbocycles. The van der Waals surface area contributed by atoms with Gasteiger partial charge in [-0.25, -0.2) is 4.98 Å². The van der Waals surface area contributed by atoms with E-state index in [1.165, 1.54) is 0 Å². The molecule has 0 bridgehead atoms. The van der Waals surface area contributed by atoms with Crippen molar-refractivity contribution in [2.45, 2.75) is 32.3 Å². The summed E-state index contributed by atoms with van der Waals surface area (Å²) in [4.78, 5) is 20.4. The Morgan fingerprint density at radius 3 is 2.81 bits per heavy atom. The SMILES string of the molecule is Cc1onc(-c2ccc(Cl)cn2)c1COc1ccc(C(N)=O)c(C2CC2)n1. The molecule has 2 N–H and O–H groups in total. The third kappa shape index (κ3) is 3.64. The first-order chi connectivity index (χ1) is 13.0. The third-order valence-corrected chi connectivity index (χ3v) is 4.67. The van der Waals surface area contributed by atoms with Gasteiger partial charge in [0.2, 0.25) is 5.88 Å². The summed E-state index contributed by atoms with van der Waals surface area (Å²) in [6.07, 6.45) is 3.57. The van der Waals surface area contributed by atoms with Gasteiger partial charge in [0.15, 0.2) is 0 Å². The fraction of sp³-hybridized carbons (Fsp3) is 0.263. The van der Waals surface area contributed by atoms with Gasteiger partial charge in [-0.3, -0.25) is 9.78 Å². The molecule has 0 radical (unpaired) electrons. The van der Waals surface area contributed by atoms with Gasteiger partial charge in [0.05, 0.1) is 27.5 Å². The first kappa shape index (κ1) is 17.5. The molecule has 7 nitrogen and oxygen atoms in total. The summed E-state index contributed by atoms with van der Waals surface area (Å²) in [5.41, 5.74) is 8.62. The van der Waals surface area contributed by atoms with E-state index in [1.807, 2.05) is 6.92 Å². The second-order valence-corrected chi connectivity index (χ2v) is 6.87. The molecule has 1 fully saturated rings. The number of rotatable bonds is 6. The van der Waals surface area contributed by atoms with Gasteiger partial charge in [-0.2, -0.15) is 0 Å². The summed E-state index contributed by atoms with van der Waals surface area (Å²) in [6.45, 7) is 2.02. The number of hydrogen-bond acceptors (Lipinski definition) is 6. The summed E-state index contributed by atoms with van der Waals surface area (Å²) in [5, 5.41) is 4.62. The van der Waals surface area contributed by atoms with E-state index >= 15 is 0 Å². The Hall–Kier alpha value is -2.93. The maximum atomic E-state index is 11.6. The predicted octanol–water partition coefficient (Wildman–Crippen LogP) is 3.65. The van der Waals surface area contributed by atoms with Crippen LogP contribution in [-0.2, 0) is 6.61 Å². The summed E-state index contributed by atoms with van der Waals surface area (Å²) < 4.78 is 11.2. The lowest BCUT2D eigenvalue weighted by atomic mass is 10.1. The number of carbonyl (C=O) groups is 1. The highest BCUT2D eigenvalue weighted by molar-refractivity contribution is 6.30. The van der Waals surface area contributed by atoms with E-state index in [1.54, 1.807) is 30.5 Å². The number of nitrogens with two attached hydrogens (primary N) is 1. The highest BCUT2D eigenvalue weighted by atomic mass is 35.5. The van der Waals surface area contributed by atoms with E-state index in [2.05, 4.69) is 15.1 Å². The van der Waals surface area contributed by atoms with Crippen LogP contribution >= 0.6 is 11.6 Å². The lowest BCUT2D eigenvalue weighted by Crippen LogP contribution is -2.15. The number of amides is 1. The van der Waals surface area contributed by atoms with Gasteiger partial charge in [0, 0.05) is 18.2 Å². The third-order valence-electron chi connectivity index (χ3n) is 4.45. The molecular formula is C19H17ClN4O3. The van der Waals surface area contributed by atoms with Gasteiger partial charge in [-0.1, -0.05) is 16.8 Å². The molecule has 3 aromatic heterocycles. The minimum atomic E-state index is -0.470. The van der Waals surface area contributed by atoms with Crippen molar-refractivity contribution in [3.8, 4) is 17.3 Å². The van der Waals surface area contributed by atoms with Crippen LogP contribution in [0.1, 0.15) is 46.1 Å². The number of carbonyl (C=O) groups excluding carboxylic acids is 1. The Labute approximate surface area is 160 Å². The van der Waals surface area contributed by atoms with Crippen LogP contribution in [0, 0.1) is 6.92 Å². The zero-order valence-electron chi connectivity index (χ0n) is 14.6. The van der Waals surface area contributed by atoms with Crippen molar-refractivity contribution < 1.29 is 14.1 Å². The largest absolute Gasteiger partial charge is 0.473 e. The molecule has 3 aromatic rings. The minimum Gasteiger partial charge on any atom is -0.473 e. The average Bonchev–Trinajstić information content (AvgIpc) is 3.44. The van der Waals surface area contributed by atoms with Crippen molar-refractivity contribution >= 4 is 17.5 Å². The number of primary amides is 1. The van der Waals surface area contributed by atoms with Crippen LogP contribution in [0.2, 0.25) is 5.02 Å². The molecular weight excluding hydrogens is 368 g/mol. The monoisotopic (exact) mass is 384 g/mol. The molecule has 27 heavy (non-hydrogen) atoms. The number of hydrogen-bond donors (Lipinski definition) is 1. The summed E-state index contributed by atoms with van der Waals surface area (Å²) >= 11 is 5.89. The molecule has 0 unspecified atom stereocenters. The number of nitrogens with zero attached hydrogens (tertiary/aromatic N) is 3. The summed E-state index contributed by atoms with van der Waals surface area (Å²) in [6, 6.07) is 6.83. The lowest BCUT2D eigenvalue weighted by molar-refractivity contribution is 0.0998. The highest BCUT2D eigenvalue weighted by Gasteiger charge is 2.29. The number of aromatic nitrogens is 3. The van der Waals surface area contributed by atoms with Crippen LogP contribution in [0.4, 0.5) is 0 Å². The smallest absolute Gasteiger partial charge is 0.250 e. The van der Waals surface area contributed by atoms with Gasteiger partial charge in [0.1, 0.15) is 18.1 Å². The van der Waals surface area contributed by atoms with E-state index in [9.17, 15) is 4.79 Å². The van der Waals surface area contributed by atoms with Crippen molar-refractivity contribution in [3.63, 3.8) is 0 Å². The van der Waals surface area contributed by atoms with Crippen molar-refractivity contribution in [1.29, 1.82) is 0 Å². The Kier molecular flexibility index (Phi) is 4.53. The van der Waals surface area contributed by atoms with E-state index in [0.29, 0.717) is 39.3 Å². The molecule has 0 spiro atoms. The molecule has 4 rings (SSSR count). The van der Waals surface area contributed by atoms with Gasteiger partial charge < -0.3 is 15.0 Å². The quantitative estimate of drug-likeness (QED) is 0.695. The first-order valence-electron chi connectivity index (χ1n) is 8.53. The Bertz CT molecular complexity index is 997. The first-order valence-corrected chi connectivity index (χ1v) is 8.91. The molecule has 0 aromatic carbocycles. The van der Waals surface area contributed by atoms with Crippen LogP contribution in [0.25, 0.3) is 11.4 Å². The predicted molar refractivity (Wildman–Crippen MR) is 98.5 cm³/mol. The van der Waals surface area contributed by atoms with Gasteiger partial charge in [-0.15, -0.1) is 0 Å². The van der Waals surface area contributed by atoms with Gasteiger partial charge >= 0.3 is 0 Å². The Morgan fingerprint density at radius 1 is 1.33 bits per heavy atom. The Morgan fingerprint density at radius 2 is 2.15 bits per heavy atom. The summed E-state index contributed by atoms with van der Waals surface area (Å²) in [7, 11) is 0. The topological polar surface area (TPSA) is 104 Å². The molecule has 1 aliphatic rings. The molecule has 0 aliphatic heterocycles. The van der Waals surface area contributed by atoms with Crippen LogP contribution in [0.5, 0.6) is 5.88 Å². The maximum absolute atomic E-state index is 11.6. The maximum Gasteiger partial charge on any atom is 0.250 e. The lowest BCUT2D eigenvalue weighted by Gasteiger charge is -2.09. The van der Waals surface area contributed by atoms with Crippen molar-refractivity contribution in [2.24, 2.45) is 5.73 Å². The number of ether oxygens (including phenoxy) is 1. The highest BCUT2D eigenvalue weighted by Crippen LogP contribution is 2.41. The van der Waals surface area contributed by atoms with Gasteiger partial charge in [0.25, 0.3) is 5.91 Å². The van der Waals surface area contributed by atoms with Crippen LogP contribution in [0.3, 0.4) is 0 Å². The van der Waals surface area contributed by atoms with Crippen molar-refractivity contribution in [1.82, 2.24) is 15.1 Å². The van der Waals surface area contributed by atoms with E-state index in [0.717, 1.165) is 18.4 Å². The van der Waals surface area contributed by atoms with Crippen LogP contribution < -0.4 is 10.5 Å². The minimum absolute atomic E-state index is 0.210. The fourth-order valence-electron chi connectivity index (χ4n) is 2.84. The number of aryl methyl sites for hydroxylation is 1. The summed E-state index contributed by atoms with van der Waals surface area (Å²) in [5.74, 6) is 0.875. The normalized spacial score (nSPS) is 13.6. The van der Waals surface area contributed by atoms with E-state index < -0.39 is 5.91 Å². The molecule has 1 amide bonds. The van der Waals surface area contributed by atoms with E-state index in [4.69, 9.17) is 26.6 Å². The second-order valence-electron chi connectivity index (χ2n) is 6.44. The molecule has 8 heteroatoms. The van der Waals surface area contributed by atoms with Gasteiger partial charge in [-0.05, 0) is 38.0 Å². The number of pyridine rings is 2. The standard InChI is InChI=1S/C19H17ClN4O3/c1-10-14(18(24-27-10)15-6-4-12(20)8-22-15)9-26-16-7-5-13(19(21)25)17(23-16)11-2-3-11/h4-8,11H,2-3,9H2,1H3,(H2,21,25).